The second-order valence-electron chi connectivity index (χ2n) is 12.3. The molecule has 0 saturated carbocycles. The molecule has 3 aromatic rings. The second kappa shape index (κ2) is 14.6. The molecule has 5 heterocycles. The third kappa shape index (κ3) is 6.13. The standard InChI is InChI=1S/C39H51N5.Ni/c1-11-23-25(13-3)34-20-36-27(15-5)29(17-7)38(42-36)31(22-44(9)10)39-30(18-8)28(16-6)37(43-39)21-35-26(14-4)24(12-2)33(41-35)19-32(23)40-34;/h19-21H,11-18,22H2,1-10H3;/q-2;+2. The van der Waals surface area contributed by atoms with Crippen LogP contribution in [0.4, 0.5) is 0 Å². The summed E-state index contributed by atoms with van der Waals surface area (Å²) in [5.41, 5.74) is 20.5. The van der Waals surface area contributed by atoms with Crippen LogP contribution >= 0.6 is 0 Å². The number of hydrogen-bond donors (Lipinski definition) is 0. The number of aromatic nitrogens is 4. The molecule has 0 unspecified atom stereocenters. The number of fused-ring (bicyclic) bond motifs is 8. The monoisotopic (exact) mass is 647 g/mol. The van der Waals surface area contributed by atoms with E-state index in [4.69, 9.17) is 19.9 Å². The molecule has 6 heteroatoms. The molecular weight excluding hydrogens is 597 g/mol. The molecule has 2 aliphatic heterocycles. The van der Waals surface area contributed by atoms with Gasteiger partial charge in [-0.1, -0.05) is 95.8 Å². The Morgan fingerprint density at radius 1 is 0.489 bits per heavy atom. The van der Waals surface area contributed by atoms with Gasteiger partial charge in [0.25, 0.3) is 0 Å². The van der Waals surface area contributed by atoms with Crippen molar-refractivity contribution in [1.82, 2.24) is 24.8 Å². The van der Waals surface area contributed by atoms with Gasteiger partial charge in [0.2, 0.25) is 0 Å². The molecule has 242 valence electrons. The molecular formula is C39H51N5Ni. The summed E-state index contributed by atoms with van der Waals surface area (Å²) < 4.78 is 0. The van der Waals surface area contributed by atoms with Gasteiger partial charge >= 0.3 is 16.5 Å². The minimum atomic E-state index is 0. The van der Waals surface area contributed by atoms with E-state index >= 15 is 0 Å². The number of nitrogens with zero attached hydrogens (tertiary/aromatic N) is 5. The second-order valence-corrected chi connectivity index (χ2v) is 12.3. The van der Waals surface area contributed by atoms with E-state index in [-0.39, 0.29) is 16.5 Å². The van der Waals surface area contributed by atoms with E-state index in [0.717, 1.165) is 103 Å². The van der Waals surface area contributed by atoms with Crippen molar-refractivity contribution in [3.63, 3.8) is 0 Å². The minimum absolute atomic E-state index is 0. The summed E-state index contributed by atoms with van der Waals surface area (Å²) in [6.45, 7) is 18.8. The van der Waals surface area contributed by atoms with Crippen LogP contribution < -0.4 is 9.97 Å². The molecule has 0 fully saturated rings. The van der Waals surface area contributed by atoms with Crippen molar-refractivity contribution in [2.45, 2.75) is 113 Å². The molecule has 0 radical (unpaired) electrons. The van der Waals surface area contributed by atoms with E-state index in [1.807, 2.05) is 0 Å². The third-order valence-electron chi connectivity index (χ3n) is 9.53. The van der Waals surface area contributed by atoms with Gasteiger partial charge in [-0.15, -0.1) is 22.1 Å². The molecule has 0 saturated heterocycles. The Labute approximate surface area is 281 Å². The normalized spacial score (nSPS) is 13.3. The first kappa shape index (κ1) is 34.9. The predicted molar refractivity (Wildman–Crippen MR) is 189 cm³/mol. The van der Waals surface area contributed by atoms with Gasteiger partial charge in [0.05, 0.1) is 22.8 Å². The van der Waals surface area contributed by atoms with Crippen molar-refractivity contribution >= 4 is 44.4 Å². The summed E-state index contributed by atoms with van der Waals surface area (Å²) in [6, 6.07) is 6.80. The number of aryl methyl sites for hydroxylation is 4. The molecule has 5 nitrogen and oxygen atoms in total. The van der Waals surface area contributed by atoms with E-state index in [0.29, 0.717) is 0 Å². The smallest absolute Gasteiger partial charge is 0.657 e. The van der Waals surface area contributed by atoms with Crippen LogP contribution in [0.25, 0.3) is 44.4 Å². The number of allylic oxidation sites excluding steroid dienone is 4. The summed E-state index contributed by atoms with van der Waals surface area (Å²) in [7, 11) is 4.30. The first-order valence-electron chi connectivity index (χ1n) is 17.1. The third-order valence-corrected chi connectivity index (χ3v) is 9.53. The number of hydrogen-bond acceptors (Lipinski definition) is 3. The van der Waals surface area contributed by atoms with E-state index in [1.54, 1.807) is 0 Å². The summed E-state index contributed by atoms with van der Waals surface area (Å²) >= 11 is 0. The van der Waals surface area contributed by atoms with Gasteiger partial charge in [0.1, 0.15) is 0 Å². The fraction of sp³-hybridized carbons (Fsp3) is 0.487. The first-order valence-corrected chi connectivity index (χ1v) is 17.1. The summed E-state index contributed by atoms with van der Waals surface area (Å²) in [5.74, 6) is 0. The quantitative estimate of drug-likeness (QED) is 0.205. The fourth-order valence-corrected chi connectivity index (χ4v) is 7.56. The maximum Gasteiger partial charge on any atom is 2.00 e. The Kier molecular flexibility index (Phi) is 11.4. The Bertz CT molecular complexity index is 1800. The molecule has 0 amide bonds. The zero-order valence-electron chi connectivity index (χ0n) is 29.1. The van der Waals surface area contributed by atoms with Crippen LogP contribution in [0.15, 0.2) is 18.2 Å². The van der Waals surface area contributed by atoms with Crippen LogP contribution in [-0.2, 0) is 48.7 Å². The zero-order valence-corrected chi connectivity index (χ0v) is 30.1. The molecule has 0 atom stereocenters. The van der Waals surface area contributed by atoms with Crippen molar-refractivity contribution in [3.05, 3.63) is 68.8 Å². The number of rotatable bonds is 10. The van der Waals surface area contributed by atoms with Crippen molar-refractivity contribution in [2.24, 2.45) is 0 Å². The van der Waals surface area contributed by atoms with Crippen LogP contribution in [0.1, 0.15) is 132 Å². The van der Waals surface area contributed by atoms with Gasteiger partial charge in [-0.25, -0.2) is 9.97 Å². The molecule has 3 aromatic heterocycles. The fourth-order valence-electron chi connectivity index (χ4n) is 7.56. The van der Waals surface area contributed by atoms with Gasteiger partial charge in [0, 0.05) is 6.54 Å². The average molecular weight is 649 g/mol. The van der Waals surface area contributed by atoms with Crippen molar-refractivity contribution < 1.29 is 16.5 Å². The summed E-state index contributed by atoms with van der Waals surface area (Å²) in [4.78, 5) is 23.8. The van der Waals surface area contributed by atoms with Gasteiger partial charge < -0.3 is 14.9 Å². The largest absolute Gasteiger partial charge is 2.00 e. The van der Waals surface area contributed by atoms with E-state index in [1.165, 1.54) is 50.1 Å². The maximum absolute atomic E-state index is 5.48. The Balaban J connectivity index is 0.00000461. The molecule has 0 aromatic carbocycles. The predicted octanol–water partition coefficient (Wildman–Crippen LogP) is 9.34. The van der Waals surface area contributed by atoms with Crippen LogP contribution in [0.3, 0.4) is 0 Å². The van der Waals surface area contributed by atoms with Gasteiger partial charge in [-0.3, -0.25) is 0 Å². The molecule has 5 rings (SSSR count). The molecule has 2 aliphatic rings. The van der Waals surface area contributed by atoms with Crippen LogP contribution in [0, 0.1) is 0 Å². The van der Waals surface area contributed by atoms with E-state index < -0.39 is 0 Å². The van der Waals surface area contributed by atoms with Crippen molar-refractivity contribution in [2.75, 3.05) is 14.1 Å². The van der Waals surface area contributed by atoms with Crippen LogP contribution in [0.2, 0.25) is 0 Å². The summed E-state index contributed by atoms with van der Waals surface area (Å²) in [6.07, 6.45) is 7.52. The SMILES string of the molecule is CCC1=C(CC)c2cc3[n-]c(c(CN(C)C)c4nc(cc5[n-]c(cc1n2)c(CC)c5CC)C(CC)=C4CC)c(CC)c3CC.[Ni+2]. The van der Waals surface area contributed by atoms with E-state index in [9.17, 15) is 0 Å². The van der Waals surface area contributed by atoms with Crippen molar-refractivity contribution in [1.29, 1.82) is 0 Å². The Morgan fingerprint density at radius 2 is 0.889 bits per heavy atom. The minimum Gasteiger partial charge on any atom is -0.657 e. The topological polar surface area (TPSA) is 57.2 Å². The molecule has 0 spiro atoms. The molecule has 0 aliphatic carbocycles. The molecule has 8 bridgehead atoms. The van der Waals surface area contributed by atoms with Gasteiger partial charge in [-0.2, -0.15) is 0 Å². The molecule has 45 heavy (non-hydrogen) atoms. The van der Waals surface area contributed by atoms with E-state index in [2.05, 4.69) is 92.6 Å². The van der Waals surface area contributed by atoms with Crippen molar-refractivity contribution in [3.8, 4) is 0 Å². The zero-order chi connectivity index (χ0) is 31.7. The Morgan fingerprint density at radius 3 is 1.31 bits per heavy atom. The average Bonchev–Trinajstić information content (AvgIpc) is 3.74. The van der Waals surface area contributed by atoms with Crippen LogP contribution in [-0.4, -0.2) is 29.0 Å². The van der Waals surface area contributed by atoms with Crippen LogP contribution in [0.5, 0.6) is 0 Å². The summed E-state index contributed by atoms with van der Waals surface area (Å²) in [5, 5.41) is 0. The molecule has 0 N–H and O–H groups in total. The van der Waals surface area contributed by atoms with Gasteiger partial charge in [0.15, 0.2) is 0 Å². The maximum atomic E-state index is 5.48. The Hall–Kier alpha value is -2.95. The van der Waals surface area contributed by atoms with Gasteiger partial charge in [-0.05, 0) is 93.3 Å². The first-order chi connectivity index (χ1) is 21.3.